The molecule has 1 fully saturated rings. The van der Waals surface area contributed by atoms with Crippen molar-refractivity contribution in [2.75, 3.05) is 7.11 Å². The molecule has 0 aromatic heterocycles. The molecule has 0 spiro atoms. The first-order chi connectivity index (χ1) is 6.66. The third-order valence-corrected chi connectivity index (χ3v) is 2.62. The van der Waals surface area contributed by atoms with Gasteiger partial charge in [-0.2, -0.15) is 0 Å². The Morgan fingerprint density at radius 1 is 1.29 bits per heavy atom. The molecule has 0 aromatic rings. The summed E-state index contributed by atoms with van der Waals surface area (Å²) in [6.07, 6.45) is 3.00. The number of carboxylic acids is 1. The highest BCUT2D eigenvalue weighted by atomic mass is 16.6. The van der Waals surface area contributed by atoms with E-state index >= 15 is 0 Å². The molecule has 0 bridgehead atoms. The molecule has 2 atom stereocenters. The van der Waals surface area contributed by atoms with Gasteiger partial charge in [0, 0.05) is 0 Å². The molecule has 0 aliphatic heterocycles. The van der Waals surface area contributed by atoms with Crippen LogP contribution in [0, 0.1) is 11.8 Å². The number of rotatable bonds is 3. The molecule has 0 unspecified atom stereocenters. The van der Waals surface area contributed by atoms with Crippen molar-refractivity contribution >= 4 is 11.9 Å². The van der Waals surface area contributed by atoms with Crippen molar-refractivity contribution in [3.8, 4) is 0 Å². The van der Waals surface area contributed by atoms with Gasteiger partial charge < -0.3 is 5.11 Å². The van der Waals surface area contributed by atoms with E-state index in [0.29, 0.717) is 12.8 Å². The highest BCUT2D eigenvalue weighted by Gasteiger charge is 2.35. The molecule has 5 heteroatoms. The van der Waals surface area contributed by atoms with Crippen LogP contribution in [0.4, 0.5) is 0 Å². The van der Waals surface area contributed by atoms with Crippen LogP contribution in [0.25, 0.3) is 0 Å². The van der Waals surface area contributed by atoms with E-state index in [0.717, 1.165) is 12.8 Å². The molecule has 0 saturated heterocycles. The summed E-state index contributed by atoms with van der Waals surface area (Å²) >= 11 is 0. The van der Waals surface area contributed by atoms with Crippen LogP contribution in [0.3, 0.4) is 0 Å². The minimum Gasteiger partial charge on any atom is -0.481 e. The van der Waals surface area contributed by atoms with Crippen LogP contribution in [0.5, 0.6) is 0 Å². The zero-order chi connectivity index (χ0) is 10.6. The van der Waals surface area contributed by atoms with E-state index in [1.165, 1.54) is 7.11 Å². The number of amides is 1. The lowest BCUT2D eigenvalue weighted by molar-refractivity contribution is -0.152. The Kier molecular flexibility index (Phi) is 3.88. The maximum Gasteiger partial charge on any atom is 0.307 e. The maximum absolute atomic E-state index is 11.4. The van der Waals surface area contributed by atoms with Crippen molar-refractivity contribution in [3.05, 3.63) is 0 Å². The standard InChI is InChI=1S/C9H15NO4/c1-14-10-8(11)6-4-2-3-5-7(6)9(12)13/h6-7H,2-5H2,1H3,(H,10,11)(H,12,13)/t6-,7+/m1/s1. The van der Waals surface area contributed by atoms with Gasteiger partial charge in [0.05, 0.1) is 18.9 Å². The molecule has 1 aliphatic carbocycles. The highest BCUT2D eigenvalue weighted by molar-refractivity contribution is 5.84. The van der Waals surface area contributed by atoms with E-state index in [1.54, 1.807) is 0 Å². The predicted molar refractivity (Wildman–Crippen MR) is 48.2 cm³/mol. The molecule has 14 heavy (non-hydrogen) atoms. The zero-order valence-electron chi connectivity index (χ0n) is 8.16. The van der Waals surface area contributed by atoms with Gasteiger partial charge in [-0.15, -0.1) is 0 Å². The number of aliphatic carboxylic acids is 1. The molecular weight excluding hydrogens is 186 g/mol. The second-order valence-corrected chi connectivity index (χ2v) is 3.51. The Morgan fingerprint density at radius 3 is 2.36 bits per heavy atom. The summed E-state index contributed by atoms with van der Waals surface area (Å²) in [6.45, 7) is 0. The molecule has 1 rings (SSSR count). The Hall–Kier alpha value is -1.10. The van der Waals surface area contributed by atoms with Crippen molar-refractivity contribution in [3.63, 3.8) is 0 Å². The molecule has 80 valence electrons. The van der Waals surface area contributed by atoms with Crippen LogP contribution in [-0.2, 0) is 14.4 Å². The summed E-state index contributed by atoms with van der Waals surface area (Å²) in [5, 5.41) is 8.90. The zero-order valence-corrected chi connectivity index (χ0v) is 8.16. The molecule has 2 N–H and O–H groups in total. The topological polar surface area (TPSA) is 75.6 Å². The third kappa shape index (κ3) is 2.45. The summed E-state index contributed by atoms with van der Waals surface area (Å²) in [7, 11) is 1.34. The largest absolute Gasteiger partial charge is 0.481 e. The second-order valence-electron chi connectivity index (χ2n) is 3.51. The first kappa shape index (κ1) is 11.0. The molecule has 1 amide bonds. The smallest absolute Gasteiger partial charge is 0.307 e. The Balaban J connectivity index is 2.62. The molecule has 1 saturated carbocycles. The molecule has 5 nitrogen and oxygen atoms in total. The van der Waals surface area contributed by atoms with E-state index in [2.05, 4.69) is 10.3 Å². The lowest BCUT2D eigenvalue weighted by Gasteiger charge is -2.26. The second kappa shape index (κ2) is 4.95. The SMILES string of the molecule is CONC(=O)[C@@H]1CCCC[C@@H]1C(=O)O. The van der Waals surface area contributed by atoms with E-state index in [1.807, 2.05) is 0 Å². The van der Waals surface area contributed by atoms with Crippen molar-refractivity contribution < 1.29 is 19.5 Å². The molecule has 1 aliphatic rings. The minimum absolute atomic E-state index is 0.320. The summed E-state index contributed by atoms with van der Waals surface area (Å²) in [4.78, 5) is 26.8. The maximum atomic E-state index is 11.4. The average Bonchev–Trinajstić information content (AvgIpc) is 2.18. The van der Waals surface area contributed by atoms with Gasteiger partial charge in [0.1, 0.15) is 0 Å². The number of hydrogen-bond acceptors (Lipinski definition) is 3. The molecule has 0 aromatic carbocycles. The number of hydroxylamine groups is 1. The van der Waals surface area contributed by atoms with Crippen molar-refractivity contribution in [2.45, 2.75) is 25.7 Å². The number of carbonyl (C=O) groups is 2. The molecule has 0 radical (unpaired) electrons. The van der Waals surface area contributed by atoms with E-state index in [9.17, 15) is 9.59 Å². The molecule has 0 heterocycles. The molecular formula is C9H15NO4. The van der Waals surface area contributed by atoms with E-state index in [4.69, 9.17) is 5.11 Å². The predicted octanol–water partition coefficient (Wildman–Crippen LogP) is 0.555. The highest BCUT2D eigenvalue weighted by Crippen LogP contribution is 2.30. The van der Waals surface area contributed by atoms with Crippen LogP contribution in [0.2, 0.25) is 0 Å². The Bertz CT molecular complexity index is 229. The van der Waals surface area contributed by atoms with Crippen LogP contribution < -0.4 is 5.48 Å². The van der Waals surface area contributed by atoms with Crippen LogP contribution in [-0.4, -0.2) is 24.1 Å². The normalized spacial score (nSPS) is 26.9. The fourth-order valence-electron chi connectivity index (χ4n) is 1.92. The van der Waals surface area contributed by atoms with Crippen molar-refractivity contribution in [1.29, 1.82) is 0 Å². The lowest BCUT2D eigenvalue weighted by atomic mass is 9.79. The van der Waals surface area contributed by atoms with Gasteiger partial charge in [0.2, 0.25) is 5.91 Å². The Labute approximate surface area is 82.4 Å². The van der Waals surface area contributed by atoms with E-state index in [-0.39, 0.29) is 5.91 Å². The van der Waals surface area contributed by atoms with Crippen molar-refractivity contribution in [1.82, 2.24) is 5.48 Å². The van der Waals surface area contributed by atoms with Gasteiger partial charge in [-0.05, 0) is 12.8 Å². The Morgan fingerprint density at radius 2 is 1.86 bits per heavy atom. The van der Waals surface area contributed by atoms with Crippen LogP contribution in [0.1, 0.15) is 25.7 Å². The summed E-state index contributed by atoms with van der Waals surface area (Å²) < 4.78 is 0. The van der Waals surface area contributed by atoms with Crippen molar-refractivity contribution in [2.24, 2.45) is 11.8 Å². The summed E-state index contributed by atoms with van der Waals surface area (Å²) in [5.41, 5.74) is 2.20. The summed E-state index contributed by atoms with van der Waals surface area (Å²) in [6, 6.07) is 0. The van der Waals surface area contributed by atoms with Gasteiger partial charge in [0.25, 0.3) is 0 Å². The van der Waals surface area contributed by atoms with Gasteiger partial charge in [-0.1, -0.05) is 12.8 Å². The number of hydrogen-bond donors (Lipinski definition) is 2. The monoisotopic (exact) mass is 201 g/mol. The van der Waals surface area contributed by atoms with Gasteiger partial charge >= 0.3 is 5.97 Å². The quantitative estimate of drug-likeness (QED) is 0.654. The first-order valence-corrected chi connectivity index (χ1v) is 4.72. The summed E-state index contributed by atoms with van der Waals surface area (Å²) in [5.74, 6) is -2.21. The van der Waals surface area contributed by atoms with Gasteiger partial charge in [-0.25, -0.2) is 5.48 Å². The van der Waals surface area contributed by atoms with E-state index < -0.39 is 17.8 Å². The number of nitrogens with one attached hydrogen (secondary N) is 1. The third-order valence-electron chi connectivity index (χ3n) is 2.62. The fourth-order valence-corrected chi connectivity index (χ4v) is 1.92. The first-order valence-electron chi connectivity index (χ1n) is 4.72. The van der Waals surface area contributed by atoms with Gasteiger partial charge in [0.15, 0.2) is 0 Å². The van der Waals surface area contributed by atoms with Crippen LogP contribution >= 0.6 is 0 Å². The lowest BCUT2D eigenvalue weighted by Crippen LogP contribution is -2.39. The van der Waals surface area contributed by atoms with Gasteiger partial charge in [-0.3, -0.25) is 14.4 Å². The number of carbonyl (C=O) groups excluding carboxylic acids is 1. The average molecular weight is 201 g/mol. The minimum atomic E-state index is -0.888. The fraction of sp³-hybridized carbons (Fsp3) is 0.778. The number of carboxylic acid groups (broad SMARTS) is 1. The van der Waals surface area contributed by atoms with Crippen LogP contribution in [0.15, 0.2) is 0 Å².